The Balaban J connectivity index is 0.000000490. The Bertz CT molecular complexity index is 138. The van der Waals surface area contributed by atoms with Crippen molar-refractivity contribution in [1.29, 1.82) is 0 Å². The van der Waals surface area contributed by atoms with Gasteiger partial charge in [-0.15, -0.1) is 0 Å². The Morgan fingerprint density at radius 1 is 1.00 bits per heavy atom. The zero-order valence-corrected chi connectivity index (χ0v) is 6.87. The van der Waals surface area contributed by atoms with E-state index in [1.165, 1.54) is 0 Å². The van der Waals surface area contributed by atoms with E-state index >= 15 is 0 Å². The fourth-order valence-corrected chi connectivity index (χ4v) is 0.485. The smallest absolute Gasteiger partial charge is 0.168 e. The molecule has 0 bridgehead atoms. The molecule has 0 fully saturated rings. The number of nitrogens with zero attached hydrogens (tertiary/aromatic N) is 1. The largest absolute Gasteiger partial charge is 1.00 e. The first kappa shape index (κ1) is 7.88. The highest BCUT2D eigenvalue weighted by molar-refractivity contribution is 4.83. The summed E-state index contributed by atoms with van der Waals surface area (Å²) < 4.78 is 2.00. The molecule has 0 saturated carbocycles. The normalized spacial score (nSPS) is 7.62. The molecule has 0 aliphatic carbocycles. The number of aromatic nitrogens is 1. The molecule has 0 saturated heterocycles. The molecule has 1 rings (SSSR count). The highest BCUT2D eigenvalue weighted by atomic mass is 127. The molecule has 8 heavy (non-hydrogen) atoms. The van der Waals surface area contributed by atoms with Crippen LogP contribution in [0.25, 0.3) is 0 Å². The summed E-state index contributed by atoms with van der Waals surface area (Å²) >= 11 is 0. The van der Waals surface area contributed by atoms with Gasteiger partial charge in [0.15, 0.2) is 12.4 Å². The van der Waals surface area contributed by atoms with Crippen molar-refractivity contribution in [2.45, 2.75) is 0 Å². The van der Waals surface area contributed by atoms with Crippen molar-refractivity contribution in [2.24, 2.45) is 7.05 Å². The molecule has 1 aromatic rings. The van der Waals surface area contributed by atoms with E-state index in [0.29, 0.717) is 0 Å². The van der Waals surface area contributed by atoms with Gasteiger partial charge in [0.25, 0.3) is 0 Å². The lowest BCUT2D eigenvalue weighted by Gasteiger charge is -1.77. The molecular weight excluding hydrogens is 213 g/mol. The second-order valence-corrected chi connectivity index (χ2v) is 1.54. The maximum Gasteiger partial charge on any atom is 0.168 e. The lowest BCUT2D eigenvalue weighted by atomic mass is 10.5. The predicted octanol–water partition coefficient (Wildman–Crippen LogP) is -2.48. The number of hydrogen-bond acceptors (Lipinski definition) is 0. The minimum Gasteiger partial charge on any atom is -1.00 e. The number of pyridine rings is 1. The van der Waals surface area contributed by atoms with Crippen LogP contribution in [0.15, 0.2) is 30.6 Å². The Labute approximate surface area is 66.4 Å². The summed E-state index contributed by atoms with van der Waals surface area (Å²) in [6.45, 7) is 0. The minimum absolute atomic E-state index is 0. The molecule has 0 aliphatic rings. The SMILES string of the molecule is C[n+]1ccccc1.[I-]. The van der Waals surface area contributed by atoms with Crippen LogP contribution in [0.1, 0.15) is 0 Å². The molecule has 44 valence electrons. The number of rotatable bonds is 0. The highest BCUT2D eigenvalue weighted by Crippen LogP contribution is 1.71. The monoisotopic (exact) mass is 221 g/mol. The van der Waals surface area contributed by atoms with E-state index in [2.05, 4.69) is 0 Å². The Morgan fingerprint density at radius 3 is 1.75 bits per heavy atom. The van der Waals surface area contributed by atoms with Gasteiger partial charge in [-0.3, -0.25) is 0 Å². The van der Waals surface area contributed by atoms with E-state index in [-0.39, 0.29) is 24.0 Å². The molecule has 1 nitrogen and oxygen atoms in total. The topological polar surface area (TPSA) is 3.88 Å². The Morgan fingerprint density at radius 2 is 1.50 bits per heavy atom. The average molecular weight is 221 g/mol. The zero-order chi connectivity index (χ0) is 5.11. The number of hydrogen-bond donors (Lipinski definition) is 0. The molecule has 1 heterocycles. The number of halogens is 1. The first-order valence-corrected chi connectivity index (χ1v) is 2.30. The highest BCUT2D eigenvalue weighted by Gasteiger charge is 1.78. The van der Waals surface area contributed by atoms with Crippen LogP contribution in [0.4, 0.5) is 0 Å². The van der Waals surface area contributed by atoms with E-state index < -0.39 is 0 Å². The van der Waals surface area contributed by atoms with Crippen LogP contribution in [-0.2, 0) is 7.05 Å². The first-order valence-electron chi connectivity index (χ1n) is 2.30. The van der Waals surface area contributed by atoms with Crippen molar-refractivity contribution in [3.05, 3.63) is 30.6 Å². The van der Waals surface area contributed by atoms with Crippen LogP contribution in [-0.4, -0.2) is 0 Å². The van der Waals surface area contributed by atoms with Gasteiger partial charge in [-0.05, 0) is 0 Å². The average Bonchev–Trinajstić information content (AvgIpc) is 1.69. The minimum atomic E-state index is 0. The summed E-state index contributed by atoms with van der Waals surface area (Å²) in [7, 11) is 2.00. The molecule has 0 spiro atoms. The first-order chi connectivity index (χ1) is 3.39. The fourth-order valence-electron chi connectivity index (χ4n) is 0.485. The van der Waals surface area contributed by atoms with Crippen molar-refractivity contribution in [3.63, 3.8) is 0 Å². The van der Waals surface area contributed by atoms with Crippen LogP contribution in [0, 0.1) is 0 Å². The third-order valence-electron chi connectivity index (χ3n) is 0.865. The maximum absolute atomic E-state index is 2.00. The van der Waals surface area contributed by atoms with Crippen LogP contribution >= 0.6 is 0 Å². The van der Waals surface area contributed by atoms with Gasteiger partial charge in [0.2, 0.25) is 0 Å². The molecule has 0 aliphatic heterocycles. The second-order valence-electron chi connectivity index (χ2n) is 1.54. The van der Waals surface area contributed by atoms with Gasteiger partial charge in [0, 0.05) is 12.1 Å². The van der Waals surface area contributed by atoms with Crippen molar-refractivity contribution < 1.29 is 28.5 Å². The standard InChI is InChI=1S/C6H8N.HI/c1-7-5-3-2-4-6-7;/h2-6H,1H3;1H/q+1;/p-1. The van der Waals surface area contributed by atoms with Crippen LogP contribution in [0.3, 0.4) is 0 Å². The predicted molar refractivity (Wildman–Crippen MR) is 27.6 cm³/mol. The summed E-state index contributed by atoms with van der Waals surface area (Å²) in [6, 6.07) is 6.00. The van der Waals surface area contributed by atoms with Crippen molar-refractivity contribution in [1.82, 2.24) is 0 Å². The van der Waals surface area contributed by atoms with Crippen molar-refractivity contribution in [3.8, 4) is 0 Å². The van der Waals surface area contributed by atoms with E-state index in [9.17, 15) is 0 Å². The summed E-state index contributed by atoms with van der Waals surface area (Å²) in [5.41, 5.74) is 0. The molecule has 0 N–H and O–H groups in total. The van der Waals surface area contributed by atoms with E-state index in [1.54, 1.807) is 0 Å². The third kappa shape index (κ3) is 2.26. The van der Waals surface area contributed by atoms with E-state index in [0.717, 1.165) is 0 Å². The molecule has 0 aromatic carbocycles. The second kappa shape index (κ2) is 3.83. The van der Waals surface area contributed by atoms with Crippen LogP contribution in [0.5, 0.6) is 0 Å². The molecule has 0 atom stereocenters. The molecule has 0 amide bonds. The zero-order valence-electron chi connectivity index (χ0n) is 4.71. The van der Waals surface area contributed by atoms with Crippen LogP contribution < -0.4 is 28.5 Å². The molecule has 2 heteroatoms. The van der Waals surface area contributed by atoms with Gasteiger partial charge in [0.05, 0.1) is 0 Å². The van der Waals surface area contributed by atoms with Gasteiger partial charge in [-0.25, -0.2) is 4.57 Å². The van der Waals surface area contributed by atoms with Gasteiger partial charge in [-0.2, -0.15) is 0 Å². The van der Waals surface area contributed by atoms with Crippen molar-refractivity contribution in [2.75, 3.05) is 0 Å². The molecule has 0 radical (unpaired) electrons. The molecule has 1 aromatic heterocycles. The van der Waals surface area contributed by atoms with Crippen LogP contribution in [0.2, 0.25) is 0 Å². The van der Waals surface area contributed by atoms with Gasteiger partial charge in [-0.1, -0.05) is 6.07 Å². The summed E-state index contributed by atoms with van der Waals surface area (Å²) in [4.78, 5) is 0. The summed E-state index contributed by atoms with van der Waals surface area (Å²) in [5.74, 6) is 0. The molecule has 0 unspecified atom stereocenters. The van der Waals surface area contributed by atoms with E-state index in [4.69, 9.17) is 0 Å². The molecular formula is C6H8IN. The van der Waals surface area contributed by atoms with Crippen molar-refractivity contribution >= 4 is 0 Å². The summed E-state index contributed by atoms with van der Waals surface area (Å²) in [5, 5.41) is 0. The van der Waals surface area contributed by atoms with Gasteiger partial charge < -0.3 is 24.0 Å². The van der Waals surface area contributed by atoms with Gasteiger partial charge in [0.1, 0.15) is 7.05 Å². The maximum atomic E-state index is 2.00. The number of aryl methyl sites for hydroxylation is 1. The Hall–Kier alpha value is -0.120. The third-order valence-corrected chi connectivity index (χ3v) is 0.865. The quantitative estimate of drug-likeness (QED) is 0.337. The van der Waals surface area contributed by atoms with E-state index in [1.807, 2.05) is 42.2 Å². The lowest BCUT2D eigenvalue weighted by molar-refractivity contribution is -0.671. The Kier molecular flexibility index (Phi) is 3.77. The van der Waals surface area contributed by atoms with Gasteiger partial charge >= 0.3 is 0 Å². The fraction of sp³-hybridized carbons (Fsp3) is 0.167. The lowest BCUT2D eigenvalue weighted by Crippen LogP contribution is -3.00. The summed E-state index contributed by atoms with van der Waals surface area (Å²) in [6.07, 6.45) is 4.00.